The number of rotatable bonds is 8. The van der Waals surface area contributed by atoms with Gasteiger partial charge in [0, 0.05) is 13.0 Å². The third kappa shape index (κ3) is 5.78. The second kappa shape index (κ2) is 8.58. The van der Waals surface area contributed by atoms with E-state index in [9.17, 15) is 5.11 Å². The van der Waals surface area contributed by atoms with Crippen molar-refractivity contribution in [2.75, 3.05) is 19.7 Å². The van der Waals surface area contributed by atoms with Crippen LogP contribution >= 0.6 is 0 Å². The zero-order chi connectivity index (χ0) is 14.1. The van der Waals surface area contributed by atoms with Crippen LogP contribution in [0.4, 0.5) is 0 Å². The Labute approximate surface area is 116 Å². The lowest BCUT2D eigenvalue weighted by molar-refractivity contribution is 0.106. The monoisotopic (exact) mass is 261 g/mol. The number of aliphatic hydroxyl groups is 1. The fourth-order valence-corrected chi connectivity index (χ4v) is 1.85. The molecule has 3 nitrogen and oxygen atoms in total. The van der Waals surface area contributed by atoms with Crippen LogP contribution in [0.15, 0.2) is 18.2 Å². The molecule has 0 aliphatic rings. The van der Waals surface area contributed by atoms with Gasteiger partial charge in [-0.05, 0) is 37.9 Å². The lowest BCUT2D eigenvalue weighted by Crippen LogP contribution is -2.32. The standard InChI is InChI=1S/C16H23NO2/c1-4-5-6-10-17-11-15(18)12-19-16-13(2)8-7-9-14(16)3/h1,7-9,15,17-18H,5-6,10-12H2,2-3H3. The van der Waals surface area contributed by atoms with E-state index >= 15 is 0 Å². The molecule has 0 bridgehead atoms. The third-order valence-electron chi connectivity index (χ3n) is 2.88. The summed E-state index contributed by atoms with van der Waals surface area (Å²) in [7, 11) is 0. The van der Waals surface area contributed by atoms with Crippen LogP contribution in [0.5, 0.6) is 5.75 Å². The first-order valence-corrected chi connectivity index (χ1v) is 6.66. The Hall–Kier alpha value is -1.50. The lowest BCUT2D eigenvalue weighted by Gasteiger charge is -2.16. The maximum absolute atomic E-state index is 9.82. The first-order chi connectivity index (χ1) is 9.15. The van der Waals surface area contributed by atoms with Gasteiger partial charge in [-0.1, -0.05) is 18.2 Å². The van der Waals surface area contributed by atoms with Gasteiger partial charge in [0.25, 0.3) is 0 Å². The number of unbranched alkanes of at least 4 members (excludes halogenated alkanes) is 1. The molecule has 0 saturated heterocycles. The highest BCUT2D eigenvalue weighted by Crippen LogP contribution is 2.22. The van der Waals surface area contributed by atoms with Crippen LogP contribution in [0.2, 0.25) is 0 Å². The second-order valence-corrected chi connectivity index (χ2v) is 4.70. The van der Waals surface area contributed by atoms with Crippen molar-refractivity contribution in [1.82, 2.24) is 5.32 Å². The smallest absolute Gasteiger partial charge is 0.125 e. The molecular weight excluding hydrogens is 238 g/mol. The average molecular weight is 261 g/mol. The van der Waals surface area contributed by atoms with Crippen LogP contribution in [0.25, 0.3) is 0 Å². The molecule has 0 aliphatic carbocycles. The van der Waals surface area contributed by atoms with Gasteiger partial charge in [-0.25, -0.2) is 0 Å². The van der Waals surface area contributed by atoms with Gasteiger partial charge in [-0.2, -0.15) is 0 Å². The summed E-state index contributed by atoms with van der Waals surface area (Å²) >= 11 is 0. The van der Waals surface area contributed by atoms with Gasteiger partial charge >= 0.3 is 0 Å². The predicted molar refractivity (Wildman–Crippen MR) is 78.4 cm³/mol. The lowest BCUT2D eigenvalue weighted by atomic mass is 10.1. The number of aliphatic hydroxyl groups excluding tert-OH is 1. The summed E-state index contributed by atoms with van der Waals surface area (Å²) in [5.74, 6) is 3.46. The zero-order valence-corrected chi connectivity index (χ0v) is 11.8. The summed E-state index contributed by atoms with van der Waals surface area (Å²) in [6.45, 7) is 5.66. The quantitative estimate of drug-likeness (QED) is 0.556. The molecule has 0 heterocycles. The number of hydrogen-bond acceptors (Lipinski definition) is 3. The summed E-state index contributed by atoms with van der Waals surface area (Å²) in [5.41, 5.74) is 2.18. The van der Waals surface area contributed by atoms with Crippen molar-refractivity contribution in [1.29, 1.82) is 0 Å². The van der Waals surface area contributed by atoms with Gasteiger partial charge in [0.1, 0.15) is 18.5 Å². The molecule has 1 aromatic carbocycles. The maximum atomic E-state index is 9.82. The van der Waals surface area contributed by atoms with E-state index in [1.807, 2.05) is 32.0 Å². The topological polar surface area (TPSA) is 41.5 Å². The summed E-state index contributed by atoms with van der Waals surface area (Å²) in [4.78, 5) is 0. The number of terminal acetylenes is 1. The van der Waals surface area contributed by atoms with Crippen molar-refractivity contribution in [3.05, 3.63) is 29.3 Å². The highest BCUT2D eigenvalue weighted by Gasteiger charge is 2.07. The Bertz CT molecular complexity index is 403. The number of aryl methyl sites for hydroxylation is 2. The van der Waals surface area contributed by atoms with Crippen LogP contribution in [0.1, 0.15) is 24.0 Å². The Morgan fingerprint density at radius 3 is 2.68 bits per heavy atom. The predicted octanol–water partition coefficient (Wildman–Crippen LogP) is 2.05. The molecule has 1 rings (SSSR count). The molecule has 0 radical (unpaired) electrons. The zero-order valence-electron chi connectivity index (χ0n) is 11.8. The van der Waals surface area contributed by atoms with E-state index < -0.39 is 6.10 Å². The van der Waals surface area contributed by atoms with Crippen LogP contribution in [-0.2, 0) is 0 Å². The van der Waals surface area contributed by atoms with Crippen LogP contribution in [-0.4, -0.2) is 30.9 Å². The minimum absolute atomic E-state index is 0.299. The minimum Gasteiger partial charge on any atom is -0.490 e. The normalized spacial score (nSPS) is 11.9. The first kappa shape index (κ1) is 15.6. The van der Waals surface area contributed by atoms with E-state index in [1.54, 1.807) is 0 Å². The molecule has 0 amide bonds. The Morgan fingerprint density at radius 2 is 2.05 bits per heavy atom. The Kier molecular flexibility index (Phi) is 7.02. The fraction of sp³-hybridized carbons (Fsp3) is 0.500. The molecule has 3 heteroatoms. The average Bonchev–Trinajstić information content (AvgIpc) is 2.38. The van der Waals surface area contributed by atoms with Gasteiger partial charge in [0.05, 0.1) is 0 Å². The largest absolute Gasteiger partial charge is 0.490 e. The molecule has 104 valence electrons. The summed E-state index contributed by atoms with van der Waals surface area (Å²) < 4.78 is 5.69. The summed E-state index contributed by atoms with van der Waals surface area (Å²) in [6, 6.07) is 6.01. The minimum atomic E-state index is -0.509. The van der Waals surface area contributed by atoms with E-state index in [0.717, 1.165) is 36.3 Å². The van der Waals surface area contributed by atoms with Crippen LogP contribution < -0.4 is 10.1 Å². The molecule has 19 heavy (non-hydrogen) atoms. The van der Waals surface area contributed by atoms with Crippen molar-refractivity contribution >= 4 is 0 Å². The highest BCUT2D eigenvalue weighted by atomic mass is 16.5. The highest BCUT2D eigenvalue weighted by molar-refractivity contribution is 5.39. The van der Waals surface area contributed by atoms with Gasteiger partial charge in [0.15, 0.2) is 0 Å². The van der Waals surface area contributed by atoms with Crippen LogP contribution in [0.3, 0.4) is 0 Å². The van der Waals surface area contributed by atoms with Crippen molar-refractivity contribution in [2.45, 2.75) is 32.8 Å². The molecule has 0 saturated carbocycles. The molecular formula is C16H23NO2. The second-order valence-electron chi connectivity index (χ2n) is 4.70. The number of nitrogens with one attached hydrogen (secondary N) is 1. The number of para-hydroxylation sites is 1. The summed E-state index contributed by atoms with van der Waals surface area (Å²) in [6.07, 6.45) is 6.35. The van der Waals surface area contributed by atoms with Crippen molar-refractivity contribution in [3.8, 4) is 18.1 Å². The molecule has 2 N–H and O–H groups in total. The van der Waals surface area contributed by atoms with E-state index in [1.165, 1.54) is 0 Å². The molecule has 0 spiro atoms. The van der Waals surface area contributed by atoms with E-state index in [0.29, 0.717) is 13.2 Å². The number of ether oxygens (including phenoxy) is 1. The molecule has 0 fully saturated rings. The van der Waals surface area contributed by atoms with Gasteiger partial charge in [-0.15, -0.1) is 12.3 Å². The van der Waals surface area contributed by atoms with Crippen molar-refractivity contribution in [2.24, 2.45) is 0 Å². The number of hydrogen-bond donors (Lipinski definition) is 2. The SMILES string of the molecule is C#CCCCNCC(O)COc1c(C)cccc1C. The van der Waals surface area contributed by atoms with Gasteiger partial charge in [0.2, 0.25) is 0 Å². The number of benzene rings is 1. The van der Waals surface area contributed by atoms with E-state index in [-0.39, 0.29) is 0 Å². The summed E-state index contributed by atoms with van der Waals surface area (Å²) in [5, 5.41) is 13.0. The Balaban J connectivity index is 2.26. The Morgan fingerprint density at radius 1 is 1.37 bits per heavy atom. The van der Waals surface area contributed by atoms with Gasteiger partial charge < -0.3 is 15.2 Å². The molecule has 1 atom stereocenters. The molecule has 1 unspecified atom stereocenters. The molecule has 1 aromatic rings. The third-order valence-corrected chi connectivity index (χ3v) is 2.88. The van der Waals surface area contributed by atoms with Gasteiger partial charge in [-0.3, -0.25) is 0 Å². The first-order valence-electron chi connectivity index (χ1n) is 6.66. The fourth-order valence-electron chi connectivity index (χ4n) is 1.85. The maximum Gasteiger partial charge on any atom is 0.125 e. The molecule has 0 aliphatic heterocycles. The van der Waals surface area contributed by atoms with E-state index in [2.05, 4.69) is 11.2 Å². The van der Waals surface area contributed by atoms with Crippen LogP contribution in [0, 0.1) is 26.2 Å². The molecule has 0 aromatic heterocycles. The van der Waals surface area contributed by atoms with E-state index in [4.69, 9.17) is 11.2 Å². The van der Waals surface area contributed by atoms with Crippen molar-refractivity contribution in [3.63, 3.8) is 0 Å². The van der Waals surface area contributed by atoms with Crippen molar-refractivity contribution < 1.29 is 9.84 Å².